The Labute approximate surface area is 183 Å². The number of carbonyl (C=O) groups is 2. The summed E-state index contributed by atoms with van der Waals surface area (Å²) in [6.45, 7) is 4.46. The predicted octanol–water partition coefficient (Wildman–Crippen LogP) is 2.79. The van der Waals surface area contributed by atoms with E-state index in [0.29, 0.717) is 25.1 Å². The summed E-state index contributed by atoms with van der Waals surface area (Å²) >= 11 is 0. The van der Waals surface area contributed by atoms with Crippen molar-refractivity contribution in [2.24, 2.45) is 0 Å². The molecule has 0 bridgehead atoms. The first-order valence-corrected chi connectivity index (χ1v) is 10.7. The van der Waals surface area contributed by atoms with Crippen LogP contribution >= 0.6 is 0 Å². The van der Waals surface area contributed by atoms with Gasteiger partial charge in [0.2, 0.25) is 5.91 Å². The summed E-state index contributed by atoms with van der Waals surface area (Å²) in [6, 6.07) is 13.2. The lowest BCUT2D eigenvalue weighted by molar-refractivity contribution is -0.117. The van der Waals surface area contributed by atoms with Gasteiger partial charge >= 0.3 is 0 Å². The molecular formula is C24H29N3O4. The summed E-state index contributed by atoms with van der Waals surface area (Å²) in [5, 5.41) is 0. The summed E-state index contributed by atoms with van der Waals surface area (Å²) in [7, 11) is 3.33. The SMILES string of the molecule is COc1ccc(OC)c(CN2CCN(C(=O)c3ccc(N4CCCC4=O)cc3)CC2)c1. The molecule has 2 aliphatic heterocycles. The van der Waals surface area contributed by atoms with E-state index >= 15 is 0 Å². The normalized spacial score (nSPS) is 17.2. The molecular weight excluding hydrogens is 394 g/mol. The second-order valence-corrected chi connectivity index (χ2v) is 7.94. The van der Waals surface area contributed by atoms with E-state index in [1.807, 2.05) is 47.4 Å². The maximum absolute atomic E-state index is 12.9. The van der Waals surface area contributed by atoms with Gasteiger partial charge in [0.1, 0.15) is 11.5 Å². The van der Waals surface area contributed by atoms with Gasteiger partial charge in [0.25, 0.3) is 5.91 Å². The van der Waals surface area contributed by atoms with Gasteiger partial charge in [-0.3, -0.25) is 14.5 Å². The van der Waals surface area contributed by atoms with Crippen LogP contribution in [0.1, 0.15) is 28.8 Å². The summed E-state index contributed by atoms with van der Waals surface area (Å²) in [4.78, 5) is 30.9. The van der Waals surface area contributed by atoms with E-state index < -0.39 is 0 Å². The second-order valence-electron chi connectivity index (χ2n) is 7.94. The van der Waals surface area contributed by atoms with Gasteiger partial charge in [0.15, 0.2) is 0 Å². The molecule has 0 saturated carbocycles. The van der Waals surface area contributed by atoms with E-state index in [0.717, 1.165) is 55.3 Å². The minimum atomic E-state index is 0.0397. The Bertz CT molecular complexity index is 936. The summed E-state index contributed by atoms with van der Waals surface area (Å²) in [6.07, 6.45) is 1.50. The van der Waals surface area contributed by atoms with Crippen LogP contribution in [0.25, 0.3) is 0 Å². The Morgan fingerprint density at radius 1 is 0.935 bits per heavy atom. The van der Waals surface area contributed by atoms with Crippen molar-refractivity contribution in [3.05, 3.63) is 53.6 Å². The molecule has 2 fully saturated rings. The van der Waals surface area contributed by atoms with Gasteiger partial charge in [-0.2, -0.15) is 0 Å². The lowest BCUT2D eigenvalue weighted by Crippen LogP contribution is -2.48. The summed E-state index contributed by atoms with van der Waals surface area (Å²) < 4.78 is 10.8. The highest BCUT2D eigenvalue weighted by Gasteiger charge is 2.24. The zero-order valence-corrected chi connectivity index (χ0v) is 18.2. The fourth-order valence-electron chi connectivity index (χ4n) is 4.24. The van der Waals surface area contributed by atoms with E-state index in [1.54, 1.807) is 19.1 Å². The van der Waals surface area contributed by atoms with Gasteiger partial charge in [-0.15, -0.1) is 0 Å². The van der Waals surface area contributed by atoms with Crippen LogP contribution in [0.3, 0.4) is 0 Å². The Morgan fingerprint density at radius 2 is 1.68 bits per heavy atom. The van der Waals surface area contributed by atoms with Crippen molar-refractivity contribution >= 4 is 17.5 Å². The van der Waals surface area contributed by atoms with Crippen LogP contribution in [0, 0.1) is 0 Å². The monoisotopic (exact) mass is 423 g/mol. The Balaban J connectivity index is 1.34. The van der Waals surface area contributed by atoms with Crippen molar-refractivity contribution in [1.29, 1.82) is 0 Å². The molecule has 0 radical (unpaired) electrons. The quantitative estimate of drug-likeness (QED) is 0.715. The molecule has 2 amide bonds. The third-order valence-corrected chi connectivity index (χ3v) is 6.04. The average molecular weight is 424 g/mol. The molecule has 2 aromatic rings. The molecule has 0 aliphatic carbocycles. The first-order valence-electron chi connectivity index (χ1n) is 10.7. The van der Waals surface area contributed by atoms with Gasteiger partial charge in [-0.25, -0.2) is 0 Å². The number of rotatable bonds is 6. The van der Waals surface area contributed by atoms with Crippen LogP contribution < -0.4 is 14.4 Å². The third kappa shape index (κ3) is 4.66. The predicted molar refractivity (Wildman–Crippen MR) is 119 cm³/mol. The molecule has 0 aromatic heterocycles. The van der Waals surface area contributed by atoms with E-state index in [2.05, 4.69) is 4.90 Å². The van der Waals surface area contributed by atoms with Crippen LogP contribution in [0.5, 0.6) is 11.5 Å². The average Bonchev–Trinajstić information content (AvgIpc) is 3.25. The van der Waals surface area contributed by atoms with Crippen LogP contribution in [0.15, 0.2) is 42.5 Å². The number of anilines is 1. The van der Waals surface area contributed by atoms with Crippen molar-refractivity contribution in [3.63, 3.8) is 0 Å². The molecule has 0 N–H and O–H groups in total. The molecule has 2 saturated heterocycles. The Kier molecular flexibility index (Phi) is 6.42. The zero-order valence-electron chi connectivity index (χ0n) is 18.2. The number of hydrogen-bond acceptors (Lipinski definition) is 5. The molecule has 4 rings (SSSR count). The minimum absolute atomic E-state index is 0.0397. The fourth-order valence-corrected chi connectivity index (χ4v) is 4.24. The van der Waals surface area contributed by atoms with Gasteiger partial charge in [-0.1, -0.05) is 0 Å². The van der Waals surface area contributed by atoms with Crippen molar-refractivity contribution in [1.82, 2.24) is 9.80 Å². The topological polar surface area (TPSA) is 62.3 Å². The highest BCUT2D eigenvalue weighted by Crippen LogP contribution is 2.26. The van der Waals surface area contributed by atoms with E-state index in [1.165, 1.54) is 0 Å². The van der Waals surface area contributed by atoms with Crippen LogP contribution in [0.4, 0.5) is 5.69 Å². The molecule has 7 nitrogen and oxygen atoms in total. The Morgan fingerprint density at radius 3 is 2.29 bits per heavy atom. The lowest BCUT2D eigenvalue weighted by atomic mass is 10.1. The molecule has 0 unspecified atom stereocenters. The zero-order chi connectivity index (χ0) is 21.8. The maximum Gasteiger partial charge on any atom is 0.253 e. The van der Waals surface area contributed by atoms with Crippen molar-refractivity contribution in [3.8, 4) is 11.5 Å². The fraction of sp³-hybridized carbons (Fsp3) is 0.417. The highest BCUT2D eigenvalue weighted by atomic mass is 16.5. The van der Waals surface area contributed by atoms with Gasteiger partial charge in [0.05, 0.1) is 14.2 Å². The van der Waals surface area contributed by atoms with E-state index in [9.17, 15) is 9.59 Å². The van der Waals surface area contributed by atoms with E-state index in [-0.39, 0.29) is 11.8 Å². The third-order valence-electron chi connectivity index (χ3n) is 6.04. The molecule has 2 heterocycles. The first-order chi connectivity index (χ1) is 15.1. The number of benzene rings is 2. The second kappa shape index (κ2) is 9.39. The molecule has 31 heavy (non-hydrogen) atoms. The molecule has 0 atom stereocenters. The van der Waals surface area contributed by atoms with Gasteiger partial charge in [-0.05, 0) is 48.9 Å². The van der Waals surface area contributed by atoms with Crippen molar-refractivity contribution < 1.29 is 19.1 Å². The van der Waals surface area contributed by atoms with Gasteiger partial charge < -0.3 is 19.3 Å². The molecule has 0 spiro atoms. The number of methoxy groups -OCH3 is 2. The number of nitrogens with zero attached hydrogens (tertiary/aromatic N) is 3. The summed E-state index contributed by atoms with van der Waals surface area (Å²) in [5.41, 5.74) is 2.61. The number of carbonyl (C=O) groups excluding carboxylic acids is 2. The minimum Gasteiger partial charge on any atom is -0.497 e. The van der Waals surface area contributed by atoms with Crippen LogP contribution in [-0.2, 0) is 11.3 Å². The van der Waals surface area contributed by atoms with Crippen molar-refractivity contribution in [2.45, 2.75) is 19.4 Å². The maximum atomic E-state index is 12.9. The van der Waals surface area contributed by atoms with Crippen molar-refractivity contribution in [2.75, 3.05) is 51.8 Å². The standard InChI is InChI=1S/C24H29N3O4/c1-30-21-9-10-22(31-2)19(16-21)17-25-12-14-26(15-13-25)24(29)18-5-7-20(8-6-18)27-11-3-4-23(27)28/h5-10,16H,3-4,11-15,17H2,1-2H3. The molecule has 2 aliphatic rings. The molecule has 2 aromatic carbocycles. The van der Waals surface area contributed by atoms with Crippen LogP contribution in [0.2, 0.25) is 0 Å². The highest BCUT2D eigenvalue weighted by molar-refractivity contribution is 5.97. The number of amides is 2. The van der Waals surface area contributed by atoms with Gasteiger partial charge in [0, 0.05) is 62.5 Å². The Hall–Kier alpha value is -3.06. The largest absolute Gasteiger partial charge is 0.497 e. The first kappa shape index (κ1) is 21.2. The number of ether oxygens (including phenoxy) is 2. The van der Waals surface area contributed by atoms with Crippen LogP contribution in [-0.4, -0.2) is 68.6 Å². The summed E-state index contributed by atoms with van der Waals surface area (Å²) in [5.74, 6) is 1.85. The number of piperazine rings is 1. The lowest BCUT2D eigenvalue weighted by Gasteiger charge is -2.35. The smallest absolute Gasteiger partial charge is 0.253 e. The number of hydrogen-bond donors (Lipinski definition) is 0. The molecule has 164 valence electrons. The van der Waals surface area contributed by atoms with E-state index in [4.69, 9.17) is 9.47 Å². The molecule has 7 heteroatoms.